The second-order valence-corrected chi connectivity index (χ2v) is 4.19. The summed E-state index contributed by atoms with van der Waals surface area (Å²) in [5.74, 6) is 0.988. The van der Waals surface area contributed by atoms with E-state index in [1.807, 2.05) is 25.1 Å². The summed E-state index contributed by atoms with van der Waals surface area (Å²) < 4.78 is 0. The number of anilines is 1. The van der Waals surface area contributed by atoms with Crippen LogP contribution in [0.25, 0.3) is 0 Å². The van der Waals surface area contributed by atoms with Crippen LogP contribution in [0.2, 0.25) is 0 Å². The van der Waals surface area contributed by atoms with E-state index in [9.17, 15) is 0 Å². The maximum atomic E-state index is 4.42. The molecule has 0 bridgehead atoms. The van der Waals surface area contributed by atoms with Crippen molar-refractivity contribution in [3.8, 4) is 0 Å². The van der Waals surface area contributed by atoms with Gasteiger partial charge in [-0.2, -0.15) is 0 Å². The molecular weight excluding hydrogens is 186 g/mol. The van der Waals surface area contributed by atoms with Crippen LogP contribution in [0.4, 0.5) is 5.82 Å². The standard InChI is InChI=1S/C12H19N3/c1-10-5-4-7-12(15-10)14-9-11-6-2-3-8-13-11/h4-5,7,11,13H,2-3,6,8-9H2,1H3,(H,14,15). The van der Waals surface area contributed by atoms with Gasteiger partial charge in [0.25, 0.3) is 0 Å². The Morgan fingerprint density at radius 1 is 1.47 bits per heavy atom. The molecule has 1 atom stereocenters. The third-order valence-electron chi connectivity index (χ3n) is 2.83. The maximum Gasteiger partial charge on any atom is 0.126 e. The average molecular weight is 205 g/mol. The van der Waals surface area contributed by atoms with Gasteiger partial charge in [0.1, 0.15) is 5.82 Å². The van der Waals surface area contributed by atoms with Gasteiger partial charge in [0.2, 0.25) is 0 Å². The van der Waals surface area contributed by atoms with Crippen LogP contribution in [-0.4, -0.2) is 24.1 Å². The Balaban J connectivity index is 1.81. The van der Waals surface area contributed by atoms with Gasteiger partial charge in [0.05, 0.1) is 0 Å². The van der Waals surface area contributed by atoms with E-state index in [1.165, 1.54) is 19.3 Å². The zero-order chi connectivity index (χ0) is 10.5. The lowest BCUT2D eigenvalue weighted by molar-refractivity contribution is 0.414. The monoisotopic (exact) mass is 205 g/mol. The predicted octanol–water partition coefficient (Wildman–Crippen LogP) is 1.94. The summed E-state index contributed by atoms with van der Waals surface area (Å²) in [5.41, 5.74) is 1.07. The zero-order valence-electron chi connectivity index (χ0n) is 9.29. The summed E-state index contributed by atoms with van der Waals surface area (Å²) in [7, 11) is 0. The molecule has 1 aromatic rings. The Kier molecular flexibility index (Phi) is 3.56. The number of aromatic nitrogens is 1. The Bertz CT molecular complexity index is 305. The second kappa shape index (κ2) is 5.12. The van der Waals surface area contributed by atoms with Crippen LogP contribution in [0.1, 0.15) is 25.0 Å². The number of hydrogen-bond acceptors (Lipinski definition) is 3. The van der Waals surface area contributed by atoms with Crippen molar-refractivity contribution in [3.63, 3.8) is 0 Å². The van der Waals surface area contributed by atoms with Gasteiger partial charge in [-0.15, -0.1) is 0 Å². The molecule has 0 spiro atoms. The molecule has 1 aliphatic heterocycles. The lowest BCUT2D eigenvalue weighted by Crippen LogP contribution is -2.39. The van der Waals surface area contributed by atoms with E-state index in [4.69, 9.17) is 0 Å². The quantitative estimate of drug-likeness (QED) is 0.792. The van der Waals surface area contributed by atoms with Crippen LogP contribution >= 0.6 is 0 Å². The second-order valence-electron chi connectivity index (χ2n) is 4.19. The van der Waals surface area contributed by atoms with E-state index in [-0.39, 0.29) is 0 Å². The zero-order valence-corrected chi connectivity index (χ0v) is 9.29. The van der Waals surface area contributed by atoms with Gasteiger partial charge in [-0.05, 0) is 38.4 Å². The molecule has 0 radical (unpaired) electrons. The van der Waals surface area contributed by atoms with Crippen molar-refractivity contribution < 1.29 is 0 Å². The van der Waals surface area contributed by atoms with Gasteiger partial charge in [-0.1, -0.05) is 12.5 Å². The lowest BCUT2D eigenvalue weighted by Gasteiger charge is -2.23. The molecule has 2 N–H and O–H groups in total. The molecule has 15 heavy (non-hydrogen) atoms. The molecule has 82 valence electrons. The fourth-order valence-electron chi connectivity index (χ4n) is 1.97. The first kappa shape index (κ1) is 10.4. The van der Waals surface area contributed by atoms with Gasteiger partial charge in [0, 0.05) is 18.3 Å². The first-order chi connectivity index (χ1) is 7.34. The molecule has 3 nitrogen and oxygen atoms in total. The Labute approximate surface area is 91.3 Å². The summed E-state index contributed by atoms with van der Waals surface area (Å²) in [6.07, 6.45) is 3.94. The van der Waals surface area contributed by atoms with Crippen molar-refractivity contribution in [1.29, 1.82) is 0 Å². The van der Waals surface area contributed by atoms with Gasteiger partial charge in [-0.25, -0.2) is 4.98 Å². The molecule has 1 saturated heterocycles. The number of nitrogens with zero attached hydrogens (tertiary/aromatic N) is 1. The molecule has 1 fully saturated rings. The highest BCUT2D eigenvalue weighted by Crippen LogP contribution is 2.09. The highest BCUT2D eigenvalue weighted by atomic mass is 15.0. The molecule has 0 amide bonds. The van der Waals surface area contributed by atoms with Gasteiger partial charge in [-0.3, -0.25) is 0 Å². The highest BCUT2D eigenvalue weighted by Gasteiger charge is 2.11. The van der Waals surface area contributed by atoms with Crippen molar-refractivity contribution in [2.45, 2.75) is 32.2 Å². The maximum absolute atomic E-state index is 4.42. The number of piperidine rings is 1. The molecule has 2 rings (SSSR count). The SMILES string of the molecule is Cc1cccc(NCC2CCCCN2)n1. The van der Waals surface area contributed by atoms with Crippen LogP contribution in [0.3, 0.4) is 0 Å². The predicted molar refractivity (Wildman–Crippen MR) is 63.1 cm³/mol. The number of pyridine rings is 1. The molecule has 1 aliphatic rings. The molecule has 1 unspecified atom stereocenters. The first-order valence-electron chi connectivity index (χ1n) is 5.75. The third-order valence-corrected chi connectivity index (χ3v) is 2.83. The van der Waals surface area contributed by atoms with Crippen LogP contribution in [0.5, 0.6) is 0 Å². The van der Waals surface area contributed by atoms with Crippen LogP contribution < -0.4 is 10.6 Å². The third kappa shape index (κ3) is 3.20. The molecule has 2 heterocycles. The van der Waals surface area contributed by atoms with Crippen molar-refractivity contribution in [1.82, 2.24) is 10.3 Å². The summed E-state index contributed by atoms with van der Waals surface area (Å²) in [6.45, 7) is 4.16. The molecular formula is C12H19N3. The van der Waals surface area contributed by atoms with Crippen LogP contribution in [0.15, 0.2) is 18.2 Å². The van der Waals surface area contributed by atoms with Crippen molar-refractivity contribution in [2.75, 3.05) is 18.4 Å². The number of aryl methyl sites for hydroxylation is 1. The minimum absolute atomic E-state index is 0.612. The smallest absolute Gasteiger partial charge is 0.126 e. The molecule has 0 saturated carbocycles. The lowest BCUT2D eigenvalue weighted by atomic mass is 10.1. The number of nitrogens with one attached hydrogen (secondary N) is 2. The Hall–Kier alpha value is -1.09. The van der Waals surface area contributed by atoms with E-state index < -0.39 is 0 Å². The van der Waals surface area contributed by atoms with Crippen molar-refractivity contribution in [2.24, 2.45) is 0 Å². The topological polar surface area (TPSA) is 37.0 Å². The summed E-state index contributed by atoms with van der Waals surface area (Å²) in [5, 5.41) is 6.90. The Morgan fingerprint density at radius 2 is 2.40 bits per heavy atom. The van der Waals surface area contributed by atoms with Crippen LogP contribution in [0, 0.1) is 6.92 Å². The average Bonchev–Trinajstić information content (AvgIpc) is 2.28. The molecule has 1 aromatic heterocycles. The number of hydrogen-bond donors (Lipinski definition) is 2. The van der Waals surface area contributed by atoms with Crippen molar-refractivity contribution >= 4 is 5.82 Å². The molecule has 0 aliphatic carbocycles. The van der Waals surface area contributed by atoms with E-state index >= 15 is 0 Å². The Morgan fingerprint density at radius 3 is 3.13 bits per heavy atom. The molecule has 0 aromatic carbocycles. The summed E-state index contributed by atoms with van der Waals surface area (Å²) in [4.78, 5) is 4.42. The van der Waals surface area contributed by atoms with Gasteiger partial charge < -0.3 is 10.6 Å². The fraction of sp³-hybridized carbons (Fsp3) is 0.583. The van der Waals surface area contributed by atoms with Gasteiger partial charge in [0.15, 0.2) is 0 Å². The normalized spacial score (nSPS) is 21.3. The molecule has 3 heteroatoms. The summed E-state index contributed by atoms with van der Waals surface area (Å²) >= 11 is 0. The fourth-order valence-corrected chi connectivity index (χ4v) is 1.97. The number of rotatable bonds is 3. The van der Waals surface area contributed by atoms with Crippen molar-refractivity contribution in [3.05, 3.63) is 23.9 Å². The largest absolute Gasteiger partial charge is 0.369 e. The van der Waals surface area contributed by atoms with Gasteiger partial charge >= 0.3 is 0 Å². The minimum atomic E-state index is 0.612. The van der Waals surface area contributed by atoms with E-state index in [2.05, 4.69) is 15.6 Å². The van der Waals surface area contributed by atoms with E-state index in [0.29, 0.717) is 6.04 Å². The van der Waals surface area contributed by atoms with Crippen LogP contribution in [-0.2, 0) is 0 Å². The van der Waals surface area contributed by atoms with E-state index in [0.717, 1.165) is 24.6 Å². The summed E-state index contributed by atoms with van der Waals surface area (Å²) in [6, 6.07) is 6.69. The minimum Gasteiger partial charge on any atom is -0.369 e. The highest BCUT2D eigenvalue weighted by molar-refractivity contribution is 5.35. The first-order valence-corrected chi connectivity index (χ1v) is 5.75. The van der Waals surface area contributed by atoms with E-state index in [1.54, 1.807) is 0 Å².